The Morgan fingerprint density at radius 3 is 3.00 bits per heavy atom. The third-order valence-corrected chi connectivity index (χ3v) is 2.52. The molecule has 0 unspecified atom stereocenters. The molecule has 1 saturated heterocycles. The fraction of sp³-hybridized carbons (Fsp3) is 0.444. The number of nitrogens with zero attached hydrogens (tertiary/aromatic N) is 5. The molecule has 3 rings (SSSR count). The Morgan fingerprint density at radius 2 is 2.13 bits per heavy atom. The van der Waals surface area contributed by atoms with Crippen molar-refractivity contribution in [2.24, 2.45) is 0 Å². The van der Waals surface area contributed by atoms with Gasteiger partial charge in [-0.25, -0.2) is 4.52 Å². The SMILES string of the molecule is c1nn2cnnc2cc1N1CCOCC1. The van der Waals surface area contributed by atoms with E-state index in [1.165, 1.54) is 0 Å². The Morgan fingerprint density at radius 1 is 1.27 bits per heavy atom. The summed E-state index contributed by atoms with van der Waals surface area (Å²) < 4.78 is 6.96. The van der Waals surface area contributed by atoms with Crippen molar-refractivity contribution in [2.45, 2.75) is 0 Å². The first-order valence-corrected chi connectivity index (χ1v) is 4.92. The quantitative estimate of drug-likeness (QED) is 0.654. The number of rotatable bonds is 1. The minimum atomic E-state index is 0.776. The molecule has 0 atom stereocenters. The average molecular weight is 205 g/mol. The van der Waals surface area contributed by atoms with Crippen molar-refractivity contribution in [1.29, 1.82) is 0 Å². The lowest BCUT2D eigenvalue weighted by atomic mass is 10.3. The predicted molar refractivity (Wildman–Crippen MR) is 53.8 cm³/mol. The van der Waals surface area contributed by atoms with Gasteiger partial charge < -0.3 is 9.64 Å². The fourth-order valence-corrected chi connectivity index (χ4v) is 1.71. The first-order valence-electron chi connectivity index (χ1n) is 4.92. The van der Waals surface area contributed by atoms with Crippen LogP contribution in [-0.2, 0) is 4.74 Å². The van der Waals surface area contributed by atoms with Gasteiger partial charge >= 0.3 is 0 Å². The molecule has 6 heteroatoms. The standard InChI is InChI=1S/C9H11N5O/c1-3-15-4-2-13(1)8-5-9-12-10-7-14(9)11-6-8/h5-7H,1-4H2. The molecular formula is C9H11N5O. The summed E-state index contributed by atoms with van der Waals surface area (Å²) in [6.45, 7) is 3.37. The normalized spacial score (nSPS) is 17.2. The molecule has 1 aliphatic heterocycles. The molecule has 0 aromatic carbocycles. The number of ether oxygens (including phenoxy) is 1. The van der Waals surface area contributed by atoms with E-state index in [9.17, 15) is 0 Å². The summed E-state index contributed by atoms with van der Waals surface area (Å²) in [5, 5.41) is 12.0. The van der Waals surface area contributed by atoms with Crippen LogP contribution in [0.2, 0.25) is 0 Å². The third kappa shape index (κ3) is 1.52. The molecule has 6 nitrogen and oxygen atoms in total. The zero-order valence-electron chi connectivity index (χ0n) is 8.20. The van der Waals surface area contributed by atoms with E-state index >= 15 is 0 Å². The summed E-state index contributed by atoms with van der Waals surface area (Å²) in [6, 6.07) is 1.99. The fourth-order valence-electron chi connectivity index (χ4n) is 1.71. The van der Waals surface area contributed by atoms with Crippen molar-refractivity contribution < 1.29 is 4.74 Å². The van der Waals surface area contributed by atoms with Gasteiger partial charge in [0.2, 0.25) is 0 Å². The van der Waals surface area contributed by atoms with Gasteiger partial charge in [0.25, 0.3) is 0 Å². The number of hydrogen-bond acceptors (Lipinski definition) is 5. The van der Waals surface area contributed by atoms with E-state index in [4.69, 9.17) is 4.74 Å². The monoisotopic (exact) mass is 205 g/mol. The molecule has 0 bridgehead atoms. The van der Waals surface area contributed by atoms with Gasteiger partial charge in [0, 0.05) is 19.2 Å². The van der Waals surface area contributed by atoms with Crippen LogP contribution in [0.25, 0.3) is 5.65 Å². The van der Waals surface area contributed by atoms with Gasteiger partial charge in [-0.05, 0) is 0 Å². The molecule has 2 aromatic heterocycles. The summed E-state index contributed by atoms with van der Waals surface area (Å²) in [7, 11) is 0. The zero-order valence-corrected chi connectivity index (χ0v) is 8.20. The molecule has 3 heterocycles. The molecule has 2 aromatic rings. The molecular weight excluding hydrogens is 194 g/mol. The average Bonchev–Trinajstić information content (AvgIpc) is 2.77. The van der Waals surface area contributed by atoms with E-state index in [2.05, 4.69) is 20.2 Å². The van der Waals surface area contributed by atoms with Gasteiger partial charge in [-0.1, -0.05) is 0 Å². The van der Waals surface area contributed by atoms with E-state index in [-0.39, 0.29) is 0 Å². The van der Waals surface area contributed by atoms with Crippen molar-refractivity contribution in [3.63, 3.8) is 0 Å². The first-order chi connectivity index (χ1) is 7.43. The second kappa shape index (κ2) is 3.47. The second-order valence-corrected chi connectivity index (χ2v) is 3.45. The Balaban J connectivity index is 1.95. The molecule has 15 heavy (non-hydrogen) atoms. The van der Waals surface area contributed by atoms with Crippen LogP contribution in [-0.4, -0.2) is 46.1 Å². The maximum Gasteiger partial charge on any atom is 0.179 e. The van der Waals surface area contributed by atoms with Crippen molar-refractivity contribution in [1.82, 2.24) is 19.8 Å². The molecule has 0 radical (unpaired) electrons. The Kier molecular flexibility index (Phi) is 1.99. The van der Waals surface area contributed by atoms with Gasteiger partial charge in [-0.2, -0.15) is 5.10 Å². The topological polar surface area (TPSA) is 55.5 Å². The summed E-state index contributed by atoms with van der Waals surface area (Å²) in [6.07, 6.45) is 3.43. The maximum absolute atomic E-state index is 5.30. The van der Waals surface area contributed by atoms with Gasteiger partial charge in [0.15, 0.2) is 5.65 Å². The maximum atomic E-state index is 5.30. The minimum absolute atomic E-state index is 0.776. The minimum Gasteiger partial charge on any atom is -0.378 e. The molecule has 0 N–H and O–H groups in total. The highest BCUT2D eigenvalue weighted by Crippen LogP contribution is 2.15. The first kappa shape index (κ1) is 8.60. The van der Waals surface area contributed by atoms with E-state index in [0.29, 0.717) is 0 Å². The highest BCUT2D eigenvalue weighted by Gasteiger charge is 2.12. The largest absolute Gasteiger partial charge is 0.378 e. The summed E-state index contributed by atoms with van der Waals surface area (Å²) in [5.41, 5.74) is 1.86. The highest BCUT2D eigenvalue weighted by molar-refractivity contribution is 5.53. The van der Waals surface area contributed by atoms with Crippen LogP contribution in [0.5, 0.6) is 0 Å². The van der Waals surface area contributed by atoms with Gasteiger partial charge in [0.05, 0.1) is 25.1 Å². The Bertz CT molecular complexity index is 462. The lowest BCUT2D eigenvalue weighted by Crippen LogP contribution is -2.36. The van der Waals surface area contributed by atoms with E-state index in [0.717, 1.165) is 37.6 Å². The molecule has 0 spiro atoms. The number of hydrogen-bond donors (Lipinski definition) is 0. The number of anilines is 1. The van der Waals surface area contributed by atoms with Crippen LogP contribution in [0.4, 0.5) is 5.69 Å². The van der Waals surface area contributed by atoms with Crippen molar-refractivity contribution in [3.05, 3.63) is 18.6 Å². The Hall–Kier alpha value is -1.69. The molecule has 78 valence electrons. The van der Waals surface area contributed by atoms with Crippen LogP contribution in [0, 0.1) is 0 Å². The third-order valence-electron chi connectivity index (χ3n) is 2.52. The van der Waals surface area contributed by atoms with Crippen LogP contribution < -0.4 is 4.90 Å². The molecule has 1 aliphatic rings. The van der Waals surface area contributed by atoms with E-state index in [1.54, 1.807) is 10.8 Å². The lowest BCUT2D eigenvalue weighted by molar-refractivity contribution is 0.122. The van der Waals surface area contributed by atoms with E-state index in [1.807, 2.05) is 12.3 Å². The predicted octanol–water partition coefficient (Wildman–Crippen LogP) is -0.0391. The number of fused-ring (bicyclic) bond motifs is 1. The molecule has 0 aliphatic carbocycles. The number of morpholine rings is 1. The highest BCUT2D eigenvalue weighted by atomic mass is 16.5. The van der Waals surface area contributed by atoms with Crippen LogP contribution in [0.15, 0.2) is 18.6 Å². The van der Waals surface area contributed by atoms with Crippen LogP contribution in [0.3, 0.4) is 0 Å². The summed E-state index contributed by atoms with van der Waals surface area (Å²) in [5.74, 6) is 0. The van der Waals surface area contributed by atoms with Crippen LogP contribution in [0.1, 0.15) is 0 Å². The molecule has 0 saturated carbocycles. The summed E-state index contributed by atoms with van der Waals surface area (Å²) in [4.78, 5) is 2.24. The zero-order chi connectivity index (χ0) is 10.1. The van der Waals surface area contributed by atoms with Crippen molar-refractivity contribution >= 4 is 11.3 Å². The van der Waals surface area contributed by atoms with Gasteiger partial charge in [-0.3, -0.25) is 0 Å². The van der Waals surface area contributed by atoms with Crippen LogP contribution >= 0.6 is 0 Å². The summed E-state index contributed by atoms with van der Waals surface area (Å²) >= 11 is 0. The van der Waals surface area contributed by atoms with E-state index < -0.39 is 0 Å². The van der Waals surface area contributed by atoms with Gasteiger partial charge in [-0.15, -0.1) is 10.2 Å². The molecule has 1 fully saturated rings. The van der Waals surface area contributed by atoms with Crippen molar-refractivity contribution in [2.75, 3.05) is 31.2 Å². The second-order valence-electron chi connectivity index (χ2n) is 3.45. The Labute approximate surface area is 86.5 Å². The molecule has 0 amide bonds. The van der Waals surface area contributed by atoms with Gasteiger partial charge in [0.1, 0.15) is 6.33 Å². The van der Waals surface area contributed by atoms with Crippen molar-refractivity contribution in [3.8, 4) is 0 Å². The smallest absolute Gasteiger partial charge is 0.179 e. The lowest BCUT2D eigenvalue weighted by Gasteiger charge is -2.28. The number of aromatic nitrogens is 4.